The van der Waals surface area contributed by atoms with Gasteiger partial charge < -0.3 is 29.4 Å². The van der Waals surface area contributed by atoms with Crippen molar-refractivity contribution >= 4 is 22.9 Å². The number of ether oxygens (including phenoxy) is 4. The zero-order valence-electron chi connectivity index (χ0n) is 38.0. The Labute approximate surface area is 369 Å². The average Bonchev–Trinajstić information content (AvgIpc) is 3.88. The Morgan fingerprint density at radius 3 is 1.87 bits per heavy atom. The molecule has 2 N–H and O–H groups in total. The highest BCUT2D eigenvalue weighted by Gasteiger charge is 2.42. The van der Waals surface area contributed by atoms with E-state index in [1.165, 1.54) is 51.3 Å². The van der Waals surface area contributed by atoms with Gasteiger partial charge >= 0.3 is 0 Å². The number of anilines is 1. The first-order chi connectivity index (χ1) is 30.0. The number of nitrogens with one attached hydrogen (secondary N) is 1. The van der Waals surface area contributed by atoms with Gasteiger partial charge in [-0.05, 0) is 64.6 Å². The van der Waals surface area contributed by atoms with Gasteiger partial charge in [-0.3, -0.25) is 9.36 Å². The molecule has 1 aliphatic rings. The van der Waals surface area contributed by atoms with Crippen LogP contribution in [0.3, 0.4) is 0 Å². The molecule has 0 bridgehead atoms. The molecule has 3 aromatic carbocycles. The van der Waals surface area contributed by atoms with Crippen LogP contribution in [0.5, 0.6) is 11.5 Å². The maximum absolute atomic E-state index is 13.3. The third-order valence-electron chi connectivity index (χ3n) is 12.6. The Morgan fingerprint density at radius 2 is 1.31 bits per heavy atom. The number of carbonyl (C=O) groups excluding carboxylic acids is 1. The van der Waals surface area contributed by atoms with Gasteiger partial charge in [0.25, 0.3) is 0 Å². The van der Waals surface area contributed by atoms with E-state index in [0.29, 0.717) is 35.7 Å². The molecule has 6 rings (SSSR count). The van der Waals surface area contributed by atoms with Crippen molar-refractivity contribution in [3.63, 3.8) is 0 Å². The van der Waals surface area contributed by atoms with Crippen molar-refractivity contribution in [2.45, 2.75) is 129 Å². The van der Waals surface area contributed by atoms with Crippen LogP contribution in [0.4, 0.5) is 5.82 Å². The highest BCUT2D eigenvalue weighted by molar-refractivity contribution is 5.96. The Bertz CT molecular complexity index is 2060. The Balaban J connectivity index is 1.06. The summed E-state index contributed by atoms with van der Waals surface area (Å²) in [4.78, 5) is 26.8. The number of rotatable bonds is 24. The van der Waals surface area contributed by atoms with Crippen molar-refractivity contribution < 1.29 is 28.8 Å². The second-order valence-electron chi connectivity index (χ2n) is 18.0. The van der Waals surface area contributed by atoms with Crippen molar-refractivity contribution in [3.8, 4) is 11.5 Å². The predicted octanol–water partition coefficient (Wildman–Crippen LogP) is 10.9. The summed E-state index contributed by atoms with van der Waals surface area (Å²) >= 11 is 0. The molecule has 1 aliphatic heterocycles. The standard InChI is InChI=1S/C51H69N5O6/c1-35(2)14-11-15-36(3)16-12-17-37(4)18-13-19-38(5)30-46(58)55-49-48-50(53-33-52-49)56(34-54-48)47-31-44(57)45(62-47)32-61-51(39-20-9-8-10-21-39,40-22-26-42(59-6)27-23-40)41-24-28-43(60-7)29-25-41/h8-10,20-29,33-38,44-45,47,57H,11-19,30-32H2,1-7H3,(H,52,53,55,58)/t36?,37?,38?,44-,45+,47+/m0/s1. The highest BCUT2D eigenvalue weighted by atomic mass is 16.6. The molecule has 0 aliphatic carbocycles. The first kappa shape index (κ1) is 46.7. The Hall–Kier alpha value is -4.84. The first-order valence-corrected chi connectivity index (χ1v) is 22.8. The number of aliphatic hydroxyl groups is 1. The summed E-state index contributed by atoms with van der Waals surface area (Å²) in [5, 5.41) is 14.5. The van der Waals surface area contributed by atoms with E-state index in [1.54, 1.807) is 25.1 Å². The molecule has 0 radical (unpaired) electrons. The zero-order chi connectivity index (χ0) is 44.1. The number of methoxy groups -OCH3 is 2. The predicted molar refractivity (Wildman–Crippen MR) is 245 cm³/mol. The van der Waals surface area contributed by atoms with E-state index in [2.05, 4.69) is 54.9 Å². The van der Waals surface area contributed by atoms with E-state index in [0.717, 1.165) is 52.9 Å². The summed E-state index contributed by atoms with van der Waals surface area (Å²) in [6, 6.07) is 25.7. The SMILES string of the molecule is COc1ccc(C(OC[C@H]2O[C@@H](n3cnc4c(NC(=O)CC(C)CCCC(C)CCCC(C)CCCC(C)C)ncnc43)C[C@@H]2O)(c2ccccc2)c2ccc(OC)cc2)cc1. The van der Waals surface area contributed by atoms with E-state index >= 15 is 0 Å². The summed E-state index contributed by atoms with van der Waals surface area (Å²) < 4.78 is 26.4. The molecule has 0 spiro atoms. The van der Waals surface area contributed by atoms with Gasteiger partial charge in [-0.1, -0.05) is 147 Å². The maximum atomic E-state index is 13.3. The largest absolute Gasteiger partial charge is 0.497 e. The topological polar surface area (TPSA) is 130 Å². The minimum absolute atomic E-state index is 0.0720. The number of fused-ring (bicyclic) bond motifs is 1. The lowest BCUT2D eigenvalue weighted by Crippen LogP contribution is -2.38. The molecule has 0 saturated carbocycles. The van der Waals surface area contributed by atoms with Crippen LogP contribution in [0.15, 0.2) is 91.5 Å². The quantitative estimate of drug-likeness (QED) is 0.0583. The number of hydrogen-bond donors (Lipinski definition) is 2. The number of nitrogens with zero attached hydrogens (tertiary/aromatic N) is 4. The van der Waals surface area contributed by atoms with Crippen LogP contribution in [0, 0.1) is 23.7 Å². The lowest BCUT2D eigenvalue weighted by Gasteiger charge is -2.37. The summed E-state index contributed by atoms with van der Waals surface area (Å²) in [7, 11) is 3.28. The third kappa shape index (κ3) is 12.0. The van der Waals surface area contributed by atoms with Crippen LogP contribution in [0.2, 0.25) is 0 Å². The van der Waals surface area contributed by atoms with Crippen LogP contribution >= 0.6 is 0 Å². The van der Waals surface area contributed by atoms with Gasteiger partial charge in [0.15, 0.2) is 17.0 Å². The van der Waals surface area contributed by atoms with Gasteiger partial charge in [-0.25, -0.2) is 15.0 Å². The molecule has 3 heterocycles. The fourth-order valence-corrected chi connectivity index (χ4v) is 8.87. The molecule has 6 atom stereocenters. The van der Waals surface area contributed by atoms with Crippen molar-refractivity contribution in [1.29, 1.82) is 0 Å². The monoisotopic (exact) mass is 848 g/mol. The second-order valence-corrected chi connectivity index (χ2v) is 18.0. The number of hydrogen-bond acceptors (Lipinski definition) is 9. The van der Waals surface area contributed by atoms with Crippen LogP contribution in [0.25, 0.3) is 11.2 Å². The number of aromatic nitrogens is 4. The number of aliphatic hydroxyl groups excluding tert-OH is 1. The molecule has 1 fully saturated rings. The Morgan fingerprint density at radius 1 is 0.758 bits per heavy atom. The van der Waals surface area contributed by atoms with E-state index in [-0.39, 0.29) is 18.4 Å². The fraction of sp³-hybridized carbons (Fsp3) is 0.529. The number of carbonyl (C=O) groups is 1. The van der Waals surface area contributed by atoms with Gasteiger partial charge in [0.1, 0.15) is 35.8 Å². The molecule has 1 amide bonds. The first-order valence-electron chi connectivity index (χ1n) is 22.8. The van der Waals surface area contributed by atoms with Crippen LogP contribution < -0.4 is 14.8 Å². The normalized spacial score (nSPS) is 18.2. The maximum Gasteiger partial charge on any atom is 0.225 e. The lowest BCUT2D eigenvalue weighted by molar-refractivity contribution is -0.117. The molecular weight excluding hydrogens is 779 g/mol. The summed E-state index contributed by atoms with van der Waals surface area (Å²) in [6.07, 6.45) is 13.0. The van der Waals surface area contributed by atoms with Crippen molar-refractivity contribution in [3.05, 3.63) is 108 Å². The van der Waals surface area contributed by atoms with Crippen molar-refractivity contribution in [2.75, 3.05) is 26.1 Å². The zero-order valence-corrected chi connectivity index (χ0v) is 38.0. The summed E-state index contributed by atoms with van der Waals surface area (Å²) in [6.45, 7) is 11.6. The smallest absolute Gasteiger partial charge is 0.225 e. The molecule has 3 unspecified atom stereocenters. The molecule has 1 saturated heterocycles. The second kappa shape index (κ2) is 22.5. The van der Waals surface area contributed by atoms with Gasteiger partial charge in [0.2, 0.25) is 5.91 Å². The molecule has 5 aromatic rings. The summed E-state index contributed by atoms with van der Waals surface area (Å²) in [5.41, 5.74) is 2.59. The van der Waals surface area contributed by atoms with Crippen LogP contribution in [-0.2, 0) is 19.9 Å². The van der Waals surface area contributed by atoms with Crippen molar-refractivity contribution in [1.82, 2.24) is 19.5 Å². The molecule has 62 heavy (non-hydrogen) atoms. The van der Waals surface area contributed by atoms with E-state index in [1.807, 2.05) is 78.9 Å². The van der Waals surface area contributed by atoms with Gasteiger partial charge in [0.05, 0.1) is 33.3 Å². The minimum atomic E-state index is -1.07. The van der Waals surface area contributed by atoms with Crippen LogP contribution in [-0.4, -0.2) is 63.6 Å². The van der Waals surface area contributed by atoms with Crippen LogP contribution in [0.1, 0.15) is 128 Å². The number of amides is 1. The molecule has 11 nitrogen and oxygen atoms in total. The fourth-order valence-electron chi connectivity index (χ4n) is 8.87. The van der Waals surface area contributed by atoms with E-state index in [9.17, 15) is 9.90 Å². The molecule has 2 aromatic heterocycles. The Kier molecular flexibility index (Phi) is 16.9. The van der Waals surface area contributed by atoms with E-state index in [4.69, 9.17) is 18.9 Å². The van der Waals surface area contributed by atoms with Gasteiger partial charge in [0, 0.05) is 12.8 Å². The van der Waals surface area contributed by atoms with E-state index < -0.39 is 24.0 Å². The molecular formula is C51H69N5O6. The third-order valence-corrected chi connectivity index (χ3v) is 12.6. The number of benzene rings is 3. The lowest BCUT2D eigenvalue weighted by atomic mass is 9.80. The van der Waals surface area contributed by atoms with Gasteiger partial charge in [-0.2, -0.15) is 0 Å². The van der Waals surface area contributed by atoms with Gasteiger partial charge in [-0.15, -0.1) is 0 Å². The molecule has 11 heteroatoms. The minimum Gasteiger partial charge on any atom is -0.497 e. The molecule has 334 valence electrons. The summed E-state index contributed by atoms with van der Waals surface area (Å²) in [5.74, 6) is 4.30. The highest BCUT2D eigenvalue weighted by Crippen LogP contribution is 2.43. The average molecular weight is 848 g/mol. The number of imidazole rings is 1. The van der Waals surface area contributed by atoms with Crippen molar-refractivity contribution in [2.24, 2.45) is 23.7 Å².